The van der Waals surface area contributed by atoms with E-state index in [-0.39, 0.29) is 18.0 Å². The molecule has 0 spiro atoms. The normalized spacial score (nSPS) is 22.8. The second kappa shape index (κ2) is 7.63. The number of carbonyl (C=O) groups is 2. The number of hydroxylamine groups is 3. The number of hydrogen-bond donors (Lipinski definition) is 1. The Morgan fingerprint density at radius 2 is 2.08 bits per heavy atom. The molecule has 0 aromatic heterocycles. The molecule has 1 aromatic rings. The minimum absolute atomic E-state index is 0.00169. The molecule has 1 aromatic carbocycles. The third kappa shape index (κ3) is 3.52. The lowest BCUT2D eigenvalue weighted by atomic mass is 10.0. The van der Waals surface area contributed by atoms with Crippen LogP contribution < -0.4 is 5.48 Å². The summed E-state index contributed by atoms with van der Waals surface area (Å²) >= 11 is 0. The summed E-state index contributed by atoms with van der Waals surface area (Å²) in [5.41, 5.74) is 3.44. The maximum atomic E-state index is 12.6. The third-order valence-electron chi connectivity index (χ3n) is 4.32. The van der Waals surface area contributed by atoms with Crippen LogP contribution in [-0.4, -0.2) is 47.1 Å². The molecule has 3 amide bonds. The van der Waals surface area contributed by atoms with Gasteiger partial charge in [0, 0.05) is 6.54 Å². The highest BCUT2D eigenvalue weighted by Gasteiger charge is 2.47. The van der Waals surface area contributed by atoms with Crippen molar-refractivity contribution in [2.24, 2.45) is 0 Å². The zero-order chi connectivity index (χ0) is 16.9. The summed E-state index contributed by atoms with van der Waals surface area (Å²) in [6.07, 6.45) is 2.17. The molecule has 0 unspecified atom stereocenters. The molecule has 1 N–H and O–H groups in total. The first kappa shape index (κ1) is 16.7. The quantitative estimate of drug-likeness (QED) is 0.610. The maximum Gasteiger partial charge on any atom is 0.345 e. The Bertz CT molecular complexity index is 580. The van der Waals surface area contributed by atoms with Crippen LogP contribution in [0, 0.1) is 0 Å². The van der Waals surface area contributed by atoms with Crippen LogP contribution in [0.25, 0.3) is 0 Å². The van der Waals surface area contributed by atoms with Crippen LogP contribution in [0.1, 0.15) is 31.7 Å². The Morgan fingerprint density at radius 1 is 1.29 bits per heavy atom. The zero-order valence-electron chi connectivity index (χ0n) is 13.8. The Kier molecular flexibility index (Phi) is 5.32. The Hall–Kier alpha value is -2.12. The first-order valence-corrected chi connectivity index (χ1v) is 8.39. The molecule has 0 saturated carbocycles. The van der Waals surface area contributed by atoms with Gasteiger partial charge in [-0.1, -0.05) is 37.3 Å². The SMILES string of the molecule is CCCONC(=O)[C@@H]1CC[C@@H]2CN1C(=O)N2OCc1ccccc1. The molecule has 24 heavy (non-hydrogen) atoms. The van der Waals surface area contributed by atoms with Crippen molar-refractivity contribution >= 4 is 11.9 Å². The van der Waals surface area contributed by atoms with E-state index in [0.717, 1.165) is 18.4 Å². The number of carbonyl (C=O) groups excluding carboxylic acids is 2. The highest BCUT2D eigenvalue weighted by atomic mass is 16.7. The van der Waals surface area contributed by atoms with Crippen molar-refractivity contribution in [2.75, 3.05) is 13.2 Å². The van der Waals surface area contributed by atoms with Crippen LogP contribution in [0.4, 0.5) is 4.79 Å². The van der Waals surface area contributed by atoms with Crippen LogP contribution >= 0.6 is 0 Å². The fourth-order valence-electron chi connectivity index (χ4n) is 3.08. The number of fused-ring (bicyclic) bond motifs is 2. The molecular weight excluding hydrogens is 310 g/mol. The van der Waals surface area contributed by atoms with Crippen molar-refractivity contribution in [1.29, 1.82) is 0 Å². The van der Waals surface area contributed by atoms with Crippen molar-refractivity contribution < 1.29 is 19.3 Å². The van der Waals surface area contributed by atoms with Gasteiger partial charge in [-0.05, 0) is 24.8 Å². The summed E-state index contributed by atoms with van der Waals surface area (Å²) in [5.74, 6) is -0.264. The molecule has 2 heterocycles. The first-order chi connectivity index (χ1) is 11.7. The summed E-state index contributed by atoms with van der Waals surface area (Å²) in [4.78, 5) is 37.1. The predicted molar refractivity (Wildman–Crippen MR) is 86.4 cm³/mol. The summed E-state index contributed by atoms with van der Waals surface area (Å²) in [7, 11) is 0. The molecule has 7 heteroatoms. The number of nitrogens with zero attached hydrogens (tertiary/aromatic N) is 2. The van der Waals surface area contributed by atoms with Gasteiger partial charge in [-0.2, -0.15) is 5.06 Å². The van der Waals surface area contributed by atoms with Crippen molar-refractivity contribution in [2.45, 2.75) is 44.9 Å². The second-order valence-electron chi connectivity index (χ2n) is 6.08. The van der Waals surface area contributed by atoms with Gasteiger partial charge < -0.3 is 4.90 Å². The van der Waals surface area contributed by atoms with Gasteiger partial charge in [0.2, 0.25) is 0 Å². The third-order valence-corrected chi connectivity index (χ3v) is 4.32. The number of benzene rings is 1. The molecule has 3 rings (SSSR count). The van der Waals surface area contributed by atoms with E-state index in [4.69, 9.17) is 9.68 Å². The van der Waals surface area contributed by atoms with Gasteiger partial charge in [0.15, 0.2) is 0 Å². The summed E-state index contributed by atoms with van der Waals surface area (Å²) in [6.45, 7) is 3.28. The van der Waals surface area contributed by atoms with Crippen molar-refractivity contribution in [3.05, 3.63) is 35.9 Å². The number of urea groups is 1. The molecule has 0 radical (unpaired) electrons. The average Bonchev–Trinajstić information content (AvgIpc) is 2.85. The van der Waals surface area contributed by atoms with E-state index in [1.807, 2.05) is 37.3 Å². The monoisotopic (exact) mass is 333 g/mol. The number of rotatable bonds is 7. The molecule has 2 aliphatic rings. The lowest BCUT2D eigenvalue weighted by Crippen LogP contribution is -2.49. The van der Waals surface area contributed by atoms with Crippen LogP contribution in [0.2, 0.25) is 0 Å². The molecule has 2 saturated heterocycles. The van der Waals surface area contributed by atoms with Gasteiger partial charge in [0.05, 0.1) is 12.6 Å². The molecule has 2 aliphatic heterocycles. The highest BCUT2D eigenvalue weighted by molar-refractivity contribution is 5.88. The smallest absolute Gasteiger partial charge is 0.309 e. The minimum atomic E-state index is -0.490. The molecule has 2 bridgehead atoms. The Balaban J connectivity index is 1.57. The summed E-state index contributed by atoms with van der Waals surface area (Å²) in [6, 6.07) is 8.98. The van der Waals surface area contributed by atoms with E-state index in [2.05, 4.69) is 5.48 Å². The molecule has 2 fully saturated rings. The van der Waals surface area contributed by atoms with Crippen LogP contribution in [-0.2, 0) is 21.1 Å². The highest BCUT2D eigenvalue weighted by Crippen LogP contribution is 2.30. The Morgan fingerprint density at radius 3 is 2.83 bits per heavy atom. The first-order valence-electron chi connectivity index (χ1n) is 8.39. The van der Waals surface area contributed by atoms with Gasteiger partial charge in [-0.15, -0.1) is 0 Å². The van der Waals surface area contributed by atoms with Gasteiger partial charge >= 0.3 is 6.03 Å². The number of piperidine rings is 1. The topological polar surface area (TPSA) is 71.1 Å². The lowest BCUT2D eigenvalue weighted by molar-refractivity contribution is -0.141. The summed E-state index contributed by atoms with van der Waals surface area (Å²) < 4.78 is 0. The van der Waals surface area contributed by atoms with Crippen LogP contribution in [0.5, 0.6) is 0 Å². The van der Waals surface area contributed by atoms with E-state index < -0.39 is 6.04 Å². The molecule has 7 nitrogen and oxygen atoms in total. The van der Waals surface area contributed by atoms with E-state index >= 15 is 0 Å². The lowest BCUT2D eigenvalue weighted by Gasteiger charge is -2.28. The largest absolute Gasteiger partial charge is 0.345 e. The number of amides is 3. The van der Waals surface area contributed by atoms with Gasteiger partial charge in [-0.3, -0.25) is 14.5 Å². The summed E-state index contributed by atoms with van der Waals surface area (Å²) in [5, 5.41) is 1.42. The van der Waals surface area contributed by atoms with Crippen molar-refractivity contribution in [3.8, 4) is 0 Å². The molecule has 0 aliphatic carbocycles. The Labute approximate surface area is 141 Å². The van der Waals surface area contributed by atoms with E-state index in [0.29, 0.717) is 26.2 Å². The van der Waals surface area contributed by atoms with Crippen LogP contribution in [0.3, 0.4) is 0 Å². The average molecular weight is 333 g/mol. The zero-order valence-corrected chi connectivity index (χ0v) is 13.8. The number of hydrogen-bond acceptors (Lipinski definition) is 4. The van der Waals surface area contributed by atoms with E-state index in [1.165, 1.54) is 5.06 Å². The molecular formula is C17H23N3O4. The van der Waals surface area contributed by atoms with Gasteiger partial charge in [-0.25, -0.2) is 10.3 Å². The number of nitrogens with one attached hydrogen (secondary N) is 1. The van der Waals surface area contributed by atoms with Crippen molar-refractivity contribution in [1.82, 2.24) is 15.4 Å². The van der Waals surface area contributed by atoms with E-state index in [9.17, 15) is 9.59 Å². The fraction of sp³-hybridized carbons (Fsp3) is 0.529. The predicted octanol–water partition coefficient (Wildman–Crippen LogP) is 1.84. The van der Waals surface area contributed by atoms with Crippen LogP contribution in [0.15, 0.2) is 30.3 Å². The second-order valence-corrected chi connectivity index (χ2v) is 6.08. The molecule has 130 valence electrons. The molecule has 2 atom stereocenters. The standard InChI is InChI=1S/C17H23N3O4/c1-2-10-23-18-16(21)15-9-8-14-11-19(15)17(22)20(14)24-12-13-6-4-3-5-7-13/h3-7,14-15H,2,8-12H2,1H3,(H,18,21)/t14-,15+/m1/s1. The van der Waals surface area contributed by atoms with Gasteiger partial charge in [0.25, 0.3) is 5.91 Å². The van der Waals surface area contributed by atoms with Gasteiger partial charge in [0.1, 0.15) is 12.6 Å². The van der Waals surface area contributed by atoms with Crippen molar-refractivity contribution in [3.63, 3.8) is 0 Å². The maximum absolute atomic E-state index is 12.6. The minimum Gasteiger partial charge on any atom is -0.309 e. The fourth-order valence-corrected chi connectivity index (χ4v) is 3.08. The van der Waals surface area contributed by atoms with E-state index in [1.54, 1.807) is 4.90 Å².